The van der Waals surface area contributed by atoms with Gasteiger partial charge in [0, 0.05) is 17.3 Å². The molecular formula is C17H21ClN6O2. The van der Waals surface area contributed by atoms with E-state index >= 15 is 0 Å². The molecule has 4 N–H and O–H groups in total. The number of nitrogens with one attached hydrogen (secondary N) is 4. The van der Waals surface area contributed by atoms with Crippen molar-refractivity contribution in [3.05, 3.63) is 52.3 Å². The first-order chi connectivity index (χ1) is 12.4. The quantitative estimate of drug-likeness (QED) is 0.590. The summed E-state index contributed by atoms with van der Waals surface area (Å²) in [5.74, 6) is -0.985. The van der Waals surface area contributed by atoms with E-state index in [9.17, 15) is 9.59 Å². The molecule has 138 valence electrons. The van der Waals surface area contributed by atoms with Gasteiger partial charge in [0.1, 0.15) is 6.54 Å². The lowest BCUT2D eigenvalue weighted by atomic mass is 9.94. The lowest BCUT2D eigenvalue weighted by Crippen LogP contribution is -2.47. The lowest BCUT2D eigenvalue weighted by molar-refractivity contribution is -0.131. The first-order valence-electron chi connectivity index (χ1n) is 8.27. The van der Waals surface area contributed by atoms with Crippen LogP contribution in [0.5, 0.6) is 0 Å². The predicted molar refractivity (Wildman–Crippen MR) is 96.8 cm³/mol. The van der Waals surface area contributed by atoms with Crippen molar-refractivity contribution in [1.29, 1.82) is 0 Å². The van der Waals surface area contributed by atoms with Crippen LogP contribution in [-0.2, 0) is 16.1 Å². The molecule has 0 radical (unpaired) electrons. The van der Waals surface area contributed by atoms with E-state index in [2.05, 4.69) is 26.8 Å². The maximum atomic E-state index is 12.5. The molecule has 2 amide bonds. The summed E-state index contributed by atoms with van der Waals surface area (Å²) in [5.41, 5.74) is 13.7. The molecule has 9 heteroatoms. The fourth-order valence-corrected chi connectivity index (χ4v) is 3.09. The van der Waals surface area contributed by atoms with Crippen LogP contribution in [0.4, 0.5) is 0 Å². The number of aromatic nitrogens is 2. The number of hydrogen-bond acceptors (Lipinski definition) is 5. The maximum Gasteiger partial charge on any atom is 0.260 e. The number of halogens is 1. The molecule has 0 aliphatic carbocycles. The first kappa shape index (κ1) is 18.4. The van der Waals surface area contributed by atoms with Gasteiger partial charge in [-0.3, -0.25) is 30.5 Å². The molecule has 1 aromatic carbocycles. The Morgan fingerprint density at radius 2 is 2.00 bits per heavy atom. The van der Waals surface area contributed by atoms with Gasteiger partial charge in [-0.05, 0) is 37.6 Å². The smallest absolute Gasteiger partial charge is 0.260 e. The van der Waals surface area contributed by atoms with Crippen molar-refractivity contribution in [2.45, 2.75) is 26.4 Å². The molecule has 2 aromatic rings. The molecule has 0 saturated carbocycles. The number of carbonyl (C=O) groups excluding carboxylic acids is 2. The van der Waals surface area contributed by atoms with Gasteiger partial charge in [0.05, 0.1) is 17.7 Å². The minimum absolute atomic E-state index is 0.0434. The highest BCUT2D eigenvalue weighted by Crippen LogP contribution is 2.26. The molecule has 1 aliphatic rings. The van der Waals surface area contributed by atoms with Crippen LogP contribution in [0.3, 0.4) is 0 Å². The van der Waals surface area contributed by atoms with Crippen LogP contribution in [0, 0.1) is 19.8 Å². The van der Waals surface area contributed by atoms with E-state index < -0.39 is 0 Å². The Bertz CT molecular complexity index is 804. The van der Waals surface area contributed by atoms with Gasteiger partial charge in [0.25, 0.3) is 5.91 Å². The van der Waals surface area contributed by atoms with Crippen molar-refractivity contribution in [2.75, 3.05) is 6.54 Å². The van der Waals surface area contributed by atoms with Crippen LogP contribution in [0.15, 0.2) is 30.3 Å². The van der Waals surface area contributed by atoms with Gasteiger partial charge in [0.15, 0.2) is 0 Å². The van der Waals surface area contributed by atoms with Gasteiger partial charge >= 0.3 is 0 Å². The van der Waals surface area contributed by atoms with Gasteiger partial charge in [-0.2, -0.15) is 5.10 Å². The number of rotatable bonds is 4. The number of hydrazine groups is 2. The molecule has 0 spiro atoms. The van der Waals surface area contributed by atoms with E-state index in [0.717, 1.165) is 17.0 Å². The summed E-state index contributed by atoms with van der Waals surface area (Å²) in [6, 6.07) is 8.98. The summed E-state index contributed by atoms with van der Waals surface area (Å²) in [5, 5.41) is 4.86. The Labute approximate surface area is 156 Å². The van der Waals surface area contributed by atoms with E-state index in [4.69, 9.17) is 11.6 Å². The normalized spacial score (nSPS) is 19.3. The average Bonchev–Trinajstić information content (AvgIpc) is 3.20. The Kier molecular flexibility index (Phi) is 5.55. The molecule has 26 heavy (non-hydrogen) atoms. The second-order valence-electron chi connectivity index (χ2n) is 6.28. The van der Waals surface area contributed by atoms with Gasteiger partial charge in [-0.1, -0.05) is 23.7 Å². The van der Waals surface area contributed by atoms with Crippen LogP contribution in [0.2, 0.25) is 5.02 Å². The Morgan fingerprint density at radius 1 is 1.27 bits per heavy atom. The number of carbonyl (C=O) groups is 2. The van der Waals surface area contributed by atoms with E-state index in [1.807, 2.05) is 32.0 Å². The van der Waals surface area contributed by atoms with Crippen molar-refractivity contribution in [3.8, 4) is 0 Å². The highest BCUT2D eigenvalue weighted by molar-refractivity contribution is 6.30. The summed E-state index contributed by atoms with van der Waals surface area (Å²) >= 11 is 5.91. The first-order valence-corrected chi connectivity index (χ1v) is 8.65. The van der Waals surface area contributed by atoms with Crippen molar-refractivity contribution in [1.82, 2.24) is 31.5 Å². The van der Waals surface area contributed by atoms with Gasteiger partial charge < -0.3 is 0 Å². The monoisotopic (exact) mass is 376 g/mol. The summed E-state index contributed by atoms with van der Waals surface area (Å²) in [4.78, 5) is 24.5. The van der Waals surface area contributed by atoms with Gasteiger partial charge in [-0.15, -0.1) is 0 Å². The molecule has 2 heterocycles. The van der Waals surface area contributed by atoms with Crippen molar-refractivity contribution >= 4 is 23.4 Å². The summed E-state index contributed by atoms with van der Waals surface area (Å²) in [6.45, 7) is 4.23. The zero-order valence-corrected chi connectivity index (χ0v) is 15.3. The third-order valence-corrected chi connectivity index (χ3v) is 4.52. The molecule has 1 aromatic heterocycles. The van der Waals surface area contributed by atoms with Gasteiger partial charge in [0.2, 0.25) is 5.91 Å². The average molecular weight is 377 g/mol. The molecule has 0 bridgehead atoms. The van der Waals surface area contributed by atoms with E-state index in [-0.39, 0.29) is 30.3 Å². The summed E-state index contributed by atoms with van der Waals surface area (Å²) < 4.78 is 1.59. The molecular weight excluding hydrogens is 356 g/mol. The second-order valence-corrected chi connectivity index (χ2v) is 6.72. The zero-order valence-electron chi connectivity index (χ0n) is 14.5. The van der Waals surface area contributed by atoms with Crippen LogP contribution in [-0.4, -0.2) is 28.1 Å². The minimum atomic E-state index is -0.370. The Hall–Kier alpha value is -2.42. The Balaban J connectivity index is 1.56. The summed E-state index contributed by atoms with van der Waals surface area (Å²) in [6.07, 6.45) is 0. The standard InChI is InChI=1S/C17H21ClN6O2/c1-10-7-11(2)24(23-10)9-15(25)20-22-17(26)14-8-19-21-16(14)12-3-5-13(18)6-4-12/h3-7,14,16,19,21H,8-9H2,1-2H3,(H,20,25)(H,22,26). The van der Waals surface area contributed by atoms with Gasteiger partial charge in [-0.25, -0.2) is 5.43 Å². The Morgan fingerprint density at radius 3 is 2.65 bits per heavy atom. The molecule has 8 nitrogen and oxygen atoms in total. The topological polar surface area (TPSA) is 100 Å². The minimum Gasteiger partial charge on any atom is -0.273 e. The SMILES string of the molecule is Cc1cc(C)n(CC(=O)NNC(=O)C2CNNC2c2ccc(Cl)cc2)n1. The molecule has 2 atom stereocenters. The molecule has 2 unspecified atom stereocenters. The molecule has 3 rings (SSSR count). The predicted octanol–water partition coefficient (Wildman–Crippen LogP) is 0.766. The third kappa shape index (κ3) is 4.21. The van der Waals surface area contributed by atoms with Crippen LogP contribution in [0.1, 0.15) is 23.0 Å². The van der Waals surface area contributed by atoms with Crippen molar-refractivity contribution < 1.29 is 9.59 Å². The highest BCUT2D eigenvalue weighted by Gasteiger charge is 2.34. The van der Waals surface area contributed by atoms with E-state index in [1.165, 1.54) is 0 Å². The lowest BCUT2D eigenvalue weighted by Gasteiger charge is -2.18. The number of nitrogens with zero attached hydrogens (tertiary/aromatic N) is 2. The zero-order chi connectivity index (χ0) is 18.7. The number of benzene rings is 1. The van der Waals surface area contributed by atoms with Crippen molar-refractivity contribution in [2.24, 2.45) is 5.92 Å². The second kappa shape index (κ2) is 7.86. The fourth-order valence-electron chi connectivity index (χ4n) is 2.96. The van der Waals surface area contributed by atoms with Crippen LogP contribution >= 0.6 is 11.6 Å². The van der Waals surface area contributed by atoms with Crippen molar-refractivity contribution in [3.63, 3.8) is 0 Å². The largest absolute Gasteiger partial charge is 0.273 e. The third-order valence-electron chi connectivity index (χ3n) is 4.27. The molecule has 1 saturated heterocycles. The fraction of sp³-hybridized carbons (Fsp3) is 0.353. The van der Waals surface area contributed by atoms with E-state index in [0.29, 0.717) is 11.6 Å². The summed E-state index contributed by atoms with van der Waals surface area (Å²) in [7, 11) is 0. The maximum absolute atomic E-state index is 12.5. The van der Waals surface area contributed by atoms with E-state index in [1.54, 1.807) is 16.8 Å². The number of aryl methyl sites for hydroxylation is 2. The molecule has 1 aliphatic heterocycles. The number of hydrogen-bond donors (Lipinski definition) is 4. The highest BCUT2D eigenvalue weighted by atomic mass is 35.5. The number of amides is 2. The van der Waals surface area contributed by atoms with Crippen LogP contribution < -0.4 is 21.7 Å². The molecule has 1 fully saturated rings. The van der Waals surface area contributed by atoms with Crippen LogP contribution in [0.25, 0.3) is 0 Å².